The van der Waals surface area contributed by atoms with Crippen LogP contribution in [0.5, 0.6) is 5.75 Å². The number of carbonyl (C=O) groups excluding carboxylic acids is 1. The molecule has 0 bridgehead atoms. The summed E-state index contributed by atoms with van der Waals surface area (Å²) in [5.74, 6) is 0.919. The lowest BCUT2D eigenvalue weighted by atomic mass is 10.2. The Morgan fingerprint density at radius 1 is 1.29 bits per heavy atom. The van der Waals surface area contributed by atoms with Gasteiger partial charge in [-0.3, -0.25) is 4.79 Å². The Labute approximate surface area is 149 Å². The number of hydrogen-bond acceptors (Lipinski definition) is 5. The summed E-state index contributed by atoms with van der Waals surface area (Å²) in [5.41, 5.74) is 1.57. The first-order chi connectivity index (χ1) is 11.7. The maximum absolute atomic E-state index is 12.4. The number of carbonyl (C=O) groups is 1. The fraction of sp³-hybridized carbons (Fsp3) is 0.294. The third-order valence-corrected chi connectivity index (χ3v) is 4.58. The highest BCUT2D eigenvalue weighted by Crippen LogP contribution is 2.23. The number of nitrogens with zero attached hydrogens (tertiary/aromatic N) is 2. The van der Waals surface area contributed by atoms with Gasteiger partial charge in [0, 0.05) is 30.7 Å². The summed E-state index contributed by atoms with van der Waals surface area (Å²) in [4.78, 5) is 19.1. The Morgan fingerprint density at radius 2 is 2.08 bits per heavy atom. The molecule has 2 heterocycles. The Hall–Kier alpha value is -2.12. The molecule has 0 saturated carbocycles. The van der Waals surface area contributed by atoms with Crippen molar-refractivity contribution < 1.29 is 9.53 Å². The zero-order valence-electron chi connectivity index (χ0n) is 13.4. The molecule has 1 aromatic carbocycles. The van der Waals surface area contributed by atoms with E-state index < -0.39 is 0 Å². The van der Waals surface area contributed by atoms with E-state index in [0.717, 1.165) is 31.9 Å². The van der Waals surface area contributed by atoms with Gasteiger partial charge in [0.2, 0.25) is 0 Å². The predicted molar refractivity (Wildman–Crippen MR) is 98.0 cm³/mol. The maximum Gasteiger partial charge on any atom is 0.258 e. The van der Waals surface area contributed by atoms with Crippen LogP contribution in [0.4, 0.5) is 11.5 Å². The largest absolute Gasteiger partial charge is 0.497 e. The molecule has 3 rings (SSSR count). The standard InChI is InChI=1S/C17H19BrN4O2/c1-24-13-3-4-15(18)14(10-13)17(23)21-16-5-2-12(11-20-16)22-8-6-19-7-9-22/h2-5,10-11,19H,6-9H2,1H3,(H,20,21,23). The summed E-state index contributed by atoms with van der Waals surface area (Å²) in [6, 6.07) is 9.07. The molecule has 2 N–H and O–H groups in total. The van der Waals surface area contributed by atoms with Crippen LogP contribution in [0.1, 0.15) is 10.4 Å². The molecule has 0 unspecified atom stereocenters. The van der Waals surface area contributed by atoms with Gasteiger partial charge in [0.15, 0.2) is 0 Å². The summed E-state index contributed by atoms with van der Waals surface area (Å²) in [6.45, 7) is 3.87. The van der Waals surface area contributed by atoms with Crippen LogP contribution in [0.25, 0.3) is 0 Å². The first-order valence-corrected chi connectivity index (χ1v) is 8.53. The second-order valence-electron chi connectivity index (χ2n) is 5.44. The summed E-state index contributed by atoms with van der Waals surface area (Å²) in [6.07, 6.45) is 1.79. The van der Waals surface area contributed by atoms with Crippen molar-refractivity contribution in [3.05, 3.63) is 46.6 Å². The van der Waals surface area contributed by atoms with Crippen LogP contribution < -0.4 is 20.3 Å². The number of methoxy groups -OCH3 is 1. The molecule has 1 aliphatic rings. The molecule has 1 aliphatic heterocycles. The zero-order valence-corrected chi connectivity index (χ0v) is 15.0. The van der Waals surface area contributed by atoms with Crippen LogP contribution in [-0.2, 0) is 0 Å². The van der Waals surface area contributed by atoms with E-state index in [1.54, 1.807) is 31.5 Å². The van der Waals surface area contributed by atoms with Crippen molar-refractivity contribution in [1.82, 2.24) is 10.3 Å². The van der Waals surface area contributed by atoms with Gasteiger partial charge in [0.25, 0.3) is 5.91 Å². The minimum atomic E-state index is -0.233. The van der Waals surface area contributed by atoms with Crippen LogP contribution in [0.3, 0.4) is 0 Å². The third kappa shape index (κ3) is 3.85. The number of ether oxygens (including phenoxy) is 1. The average Bonchev–Trinajstić information content (AvgIpc) is 2.63. The van der Waals surface area contributed by atoms with E-state index >= 15 is 0 Å². The molecule has 2 aromatic rings. The second kappa shape index (κ2) is 7.63. The van der Waals surface area contributed by atoms with E-state index in [2.05, 4.69) is 36.4 Å². The number of halogens is 1. The molecule has 1 fully saturated rings. The molecule has 1 saturated heterocycles. The van der Waals surface area contributed by atoms with Crippen molar-refractivity contribution in [3.63, 3.8) is 0 Å². The highest BCUT2D eigenvalue weighted by atomic mass is 79.9. The van der Waals surface area contributed by atoms with Crippen LogP contribution >= 0.6 is 15.9 Å². The monoisotopic (exact) mass is 390 g/mol. The van der Waals surface area contributed by atoms with E-state index in [4.69, 9.17) is 4.74 Å². The van der Waals surface area contributed by atoms with Gasteiger partial charge in [-0.1, -0.05) is 0 Å². The van der Waals surface area contributed by atoms with Gasteiger partial charge >= 0.3 is 0 Å². The third-order valence-electron chi connectivity index (χ3n) is 3.89. The van der Waals surface area contributed by atoms with Crippen LogP contribution in [-0.4, -0.2) is 44.2 Å². The number of piperazine rings is 1. The molecular weight excluding hydrogens is 372 g/mol. The SMILES string of the molecule is COc1ccc(Br)c(C(=O)Nc2ccc(N3CCNCC3)cn2)c1. The first kappa shape index (κ1) is 16.7. The summed E-state index contributed by atoms with van der Waals surface area (Å²) in [7, 11) is 1.57. The van der Waals surface area contributed by atoms with Gasteiger partial charge < -0.3 is 20.3 Å². The molecule has 0 atom stereocenters. The Kier molecular flexibility index (Phi) is 5.32. The summed E-state index contributed by atoms with van der Waals surface area (Å²) >= 11 is 3.39. The summed E-state index contributed by atoms with van der Waals surface area (Å²) < 4.78 is 5.87. The van der Waals surface area contributed by atoms with Gasteiger partial charge in [0.05, 0.1) is 24.6 Å². The van der Waals surface area contributed by atoms with Crippen molar-refractivity contribution in [1.29, 1.82) is 0 Å². The van der Waals surface area contributed by atoms with E-state index in [1.165, 1.54) is 0 Å². The van der Waals surface area contributed by atoms with E-state index in [1.807, 2.05) is 12.1 Å². The average molecular weight is 391 g/mol. The van der Waals surface area contributed by atoms with E-state index in [9.17, 15) is 4.79 Å². The molecule has 0 radical (unpaired) electrons. The highest BCUT2D eigenvalue weighted by Gasteiger charge is 2.14. The lowest BCUT2D eigenvalue weighted by molar-refractivity contribution is 0.102. The second-order valence-corrected chi connectivity index (χ2v) is 6.29. The molecule has 0 aliphatic carbocycles. The number of rotatable bonds is 4. The lowest BCUT2D eigenvalue weighted by Gasteiger charge is -2.29. The number of pyridine rings is 1. The van der Waals surface area contributed by atoms with Crippen molar-refractivity contribution in [2.75, 3.05) is 43.5 Å². The predicted octanol–water partition coefficient (Wildman–Crippen LogP) is 2.51. The minimum Gasteiger partial charge on any atom is -0.497 e. The number of benzene rings is 1. The van der Waals surface area contributed by atoms with Gasteiger partial charge in [-0.05, 0) is 46.3 Å². The Balaban J connectivity index is 1.70. The van der Waals surface area contributed by atoms with Crippen molar-refractivity contribution in [3.8, 4) is 5.75 Å². The van der Waals surface area contributed by atoms with Gasteiger partial charge in [0.1, 0.15) is 11.6 Å². The molecule has 126 valence electrons. The van der Waals surface area contributed by atoms with Crippen molar-refractivity contribution in [2.45, 2.75) is 0 Å². The van der Waals surface area contributed by atoms with Crippen LogP contribution in [0.15, 0.2) is 41.0 Å². The molecule has 24 heavy (non-hydrogen) atoms. The zero-order chi connectivity index (χ0) is 16.9. The minimum absolute atomic E-state index is 0.233. The number of amides is 1. The topological polar surface area (TPSA) is 66.5 Å². The molecule has 1 aromatic heterocycles. The maximum atomic E-state index is 12.4. The Morgan fingerprint density at radius 3 is 2.75 bits per heavy atom. The van der Waals surface area contributed by atoms with Crippen molar-refractivity contribution in [2.24, 2.45) is 0 Å². The molecule has 1 amide bonds. The summed E-state index contributed by atoms with van der Waals surface area (Å²) in [5, 5.41) is 6.14. The Bertz CT molecular complexity index is 715. The van der Waals surface area contributed by atoms with E-state index in [-0.39, 0.29) is 5.91 Å². The number of anilines is 2. The van der Waals surface area contributed by atoms with Crippen LogP contribution in [0.2, 0.25) is 0 Å². The molecule has 0 spiro atoms. The molecular formula is C17H19BrN4O2. The quantitative estimate of drug-likeness (QED) is 0.839. The van der Waals surface area contributed by atoms with Gasteiger partial charge in [-0.2, -0.15) is 0 Å². The van der Waals surface area contributed by atoms with Gasteiger partial charge in [-0.25, -0.2) is 4.98 Å². The van der Waals surface area contributed by atoms with E-state index in [0.29, 0.717) is 21.6 Å². The molecule has 6 nitrogen and oxygen atoms in total. The molecule has 7 heteroatoms. The van der Waals surface area contributed by atoms with Crippen LogP contribution in [0, 0.1) is 0 Å². The first-order valence-electron chi connectivity index (χ1n) is 7.74. The number of nitrogens with one attached hydrogen (secondary N) is 2. The fourth-order valence-electron chi connectivity index (χ4n) is 2.56. The van der Waals surface area contributed by atoms with Crippen molar-refractivity contribution >= 4 is 33.3 Å². The smallest absolute Gasteiger partial charge is 0.258 e. The number of hydrogen-bond donors (Lipinski definition) is 2. The fourth-order valence-corrected chi connectivity index (χ4v) is 2.99. The highest BCUT2D eigenvalue weighted by molar-refractivity contribution is 9.10. The normalized spacial score (nSPS) is 14.3. The lowest BCUT2D eigenvalue weighted by Crippen LogP contribution is -2.43. The van der Waals surface area contributed by atoms with Gasteiger partial charge in [-0.15, -0.1) is 0 Å². The number of aromatic nitrogens is 1.